The number of halogens is 1. The number of hydrogen-bond acceptors (Lipinski definition) is 4. The molecule has 0 bridgehead atoms. The zero-order chi connectivity index (χ0) is 20.5. The Morgan fingerprint density at radius 2 is 1.48 bits per heavy atom. The predicted octanol–water partition coefficient (Wildman–Crippen LogP) is 5.20. The van der Waals surface area contributed by atoms with Crippen LogP contribution in [-0.4, -0.2) is 25.2 Å². The van der Waals surface area contributed by atoms with Crippen molar-refractivity contribution >= 4 is 23.2 Å². The van der Waals surface area contributed by atoms with Gasteiger partial charge >= 0.3 is 0 Å². The molecule has 0 aliphatic rings. The molecule has 3 rings (SSSR count). The molecule has 5 nitrogen and oxygen atoms in total. The Labute approximate surface area is 175 Å². The quantitative estimate of drug-likeness (QED) is 0.491. The van der Waals surface area contributed by atoms with Gasteiger partial charge in [-0.1, -0.05) is 54.1 Å². The molecule has 0 fully saturated rings. The number of benzene rings is 3. The third kappa shape index (κ3) is 6.16. The number of para-hydroxylation sites is 4. The van der Waals surface area contributed by atoms with Crippen LogP contribution in [0.1, 0.15) is 6.92 Å². The summed E-state index contributed by atoms with van der Waals surface area (Å²) >= 11 is 6.09. The monoisotopic (exact) mass is 411 g/mol. The van der Waals surface area contributed by atoms with E-state index in [0.29, 0.717) is 35.4 Å². The normalized spacial score (nSPS) is 11.4. The van der Waals surface area contributed by atoms with E-state index >= 15 is 0 Å². The van der Waals surface area contributed by atoms with Crippen LogP contribution in [0.4, 0.5) is 5.69 Å². The second kappa shape index (κ2) is 10.4. The van der Waals surface area contributed by atoms with Crippen LogP contribution < -0.4 is 19.5 Å². The first-order valence-electron chi connectivity index (χ1n) is 9.25. The Balaban J connectivity index is 1.54. The van der Waals surface area contributed by atoms with E-state index in [-0.39, 0.29) is 5.91 Å². The second-order valence-electron chi connectivity index (χ2n) is 6.19. The molecule has 1 N–H and O–H groups in total. The summed E-state index contributed by atoms with van der Waals surface area (Å²) in [5.74, 6) is 1.49. The SMILES string of the molecule is CC(Oc1ccccc1Cl)C(=O)Nc1ccccc1OCCOc1ccccc1. The van der Waals surface area contributed by atoms with Crippen molar-refractivity contribution in [3.8, 4) is 17.2 Å². The minimum atomic E-state index is -0.732. The van der Waals surface area contributed by atoms with Crippen molar-refractivity contribution < 1.29 is 19.0 Å². The maximum absolute atomic E-state index is 12.5. The molecular weight excluding hydrogens is 390 g/mol. The Bertz CT molecular complexity index is 933. The summed E-state index contributed by atoms with van der Waals surface area (Å²) in [7, 11) is 0. The van der Waals surface area contributed by atoms with Gasteiger partial charge in [-0.3, -0.25) is 4.79 Å². The summed E-state index contributed by atoms with van der Waals surface area (Å²) in [5.41, 5.74) is 0.562. The molecule has 0 aliphatic heterocycles. The zero-order valence-electron chi connectivity index (χ0n) is 16.0. The van der Waals surface area contributed by atoms with Gasteiger partial charge in [-0.15, -0.1) is 0 Å². The van der Waals surface area contributed by atoms with Gasteiger partial charge < -0.3 is 19.5 Å². The molecule has 1 atom stereocenters. The number of anilines is 1. The topological polar surface area (TPSA) is 56.8 Å². The molecule has 0 saturated heterocycles. The zero-order valence-corrected chi connectivity index (χ0v) is 16.8. The van der Waals surface area contributed by atoms with Crippen LogP contribution in [0.3, 0.4) is 0 Å². The van der Waals surface area contributed by atoms with Crippen molar-refractivity contribution in [2.45, 2.75) is 13.0 Å². The molecule has 150 valence electrons. The molecule has 0 aliphatic carbocycles. The van der Waals surface area contributed by atoms with E-state index in [9.17, 15) is 4.79 Å². The molecule has 29 heavy (non-hydrogen) atoms. The molecule has 3 aromatic rings. The van der Waals surface area contributed by atoms with E-state index in [1.54, 1.807) is 43.3 Å². The summed E-state index contributed by atoms with van der Waals surface area (Å²) in [6.07, 6.45) is -0.732. The fourth-order valence-corrected chi connectivity index (χ4v) is 2.72. The number of carbonyl (C=O) groups excluding carboxylic acids is 1. The van der Waals surface area contributed by atoms with Crippen LogP contribution in [0, 0.1) is 0 Å². The van der Waals surface area contributed by atoms with Crippen LogP contribution in [0.2, 0.25) is 5.02 Å². The summed E-state index contributed by atoms with van der Waals surface area (Å²) in [6.45, 7) is 2.39. The molecular formula is C23H22ClNO4. The number of rotatable bonds is 9. The van der Waals surface area contributed by atoms with Gasteiger partial charge in [0.25, 0.3) is 5.91 Å². The first kappa shape index (κ1) is 20.6. The van der Waals surface area contributed by atoms with Crippen molar-refractivity contribution in [3.63, 3.8) is 0 Å². The van der Waals surface area contributed by atoms with Crippen LogP contribution in [-0.2, 0) is 4.79 Å². The first-order valence-corrected chi connectivity index (χ1v) is 9.63. The minimum Gasteiger partial charge on any atom is -0.490 e. The van der Waals surface area contributed by atoms with E-state index in [1.165, 1.54) is 0 Å². The number of nitrogens with one attached hydrogen (secondary N) is 1. The maximum Gasteiger partial charge on any atom is 0.265 e. The lowest BCUT2D eigenvalue weighted by atomic mass is 10.2. The van der Waals surface area contributed by atoms with E-state index in [2.05, 4.69) is 5.32 Å². The summed E-state index contributed by atoms with van der Waals surface area (Å²) in [4.78, 5) is 12.5. The van der Waals surface area contributed by atoms with Gasteiger partial charge in [-0.25, -0.2) is 0 Å². The first-order chi connectivity index (χ1) is 14.1. The van der Waals surface area contributed by atoms with E-state index in [4.69, 9.17) is 25.8 Å². The highest BCUT2D eigenvalue weighted by atomic mass is 35.5. The summed E-state index contributed by atoms with van der Waals surface area (Å²) in [5, 5.41) is 3.29. The fraction of sp³-hybridized carbons (Fsp3) is 0.174. The Kier molecular flexibility index (Phi) is 7.36. The summed E-state index contributed by atoms with van der Waals surface area (Å²) in [6, 6.07) is 23.8. The molecule has 0 heterocycles. The average molecular weight is 412 g/mol. The van der Waals surface area contributed by atoms with Crippen molar-refractivity contribution in [2.24, 2.45) is 0 Å². The highest BCUT2D eigenvalue weighted by Gasteiger charge is 2.17. The number of amides is 1. The largest absolute Gasteiger partial charge is 0.490 e. The highest BCUT2D eigenvalue weighted by Crippen LogP contribution is 2.26. The third-order valence-electron chi connectivity index (χ3n) is 4.01. The van der Waals surface area contributed by atoms with E-state index < -0.39 is 6.10 Å². The predicted molar refractivity (Wildman–Crippen MR) is 114 cm³/mol. The third-order valence-corrected chi connectivity index (χ3v) is 4.32. The molecule has 3 aromatic carbocycles. The minimum absolute atomic E-state index is 0.304. The standard InChI is InChI=1S/C23H22ClNO4/c1-17(29-21-13-7-5-11-19(21)24)23(26)25-20-12-6-8-14-22(20)28-16-15-27-18-9-3-2-4-10-18/h2-14,17H,15-16H2,1H3,(H,25,26). The van der Waals surface area contributed by atoms with Crippen LogP contribution >= 0.6 is 11.6 Å². The maximum atomic E-state index is 12.5. The van der Waals surface area contributed by atoms with Crippen molar-refractivity contribution in [2.75, 3.05) is 18.5 Å². The van der Waals surface area contributed by atoms with Gasteiger partial charge in [0, 0.05) is 0 Å². The molecule has 6 heteroatoms. The van der Waals surface area contributed by atoms with E-state index in [0.717, 1.165) is 5.75 Å². The van der Waals surface area contributed by atoms with Gasteiger partial charge in [-0.2, -0.15) is 0 Å². The number of carbonyl (C=O) groups is 1. The Hall–Kier alpha value is -3.18. The van der Waals surface area contributed by atoms with Crippen LogP contribution in [0.25, 0.3) is 0 Å². The van der Waals surface area contributed by atoms with Gasteiger partial charge in [0.05, 0.1) is 10.7 Å². The molecule has 1 unspecified atom stereocenters. The van der Waals surface area contributed by atoms with Crippen molar-refractivity contribution in [1.29, 1.82) is 0 Å². The summed E-state index contributed by atoms with van der Waals surface area (Å²) < 4.78 is 17.1. The van der Waals surface area contributed by atoms with Gasteiger partial charge in [0.15, 0.2) is 6.10 Å². The van der Waals surface area contributed by atoms with Gasteiger partial charge in [0.1, 0.15) is 30.5 Å². The molecule has 1 amide bonds. The Morgan fingerprint density at radius 3 is 2.24 bits per heavy atom. The number of hydrogen-bond donors (Lipinski definition) is 1. The average Bonchev–Trinajstić information content (AvgIpc) is 2.74. The Morgan fingerprint density at radius 1 is 0.862 bits per heavy atom. The van der Waals surface area contributed by atoms with Crippen molar-refractivity contribution in [3.05, 3.63) is 83.9 Å². The van der Waals surface area contributed by atoms with Crippen LogP contribution in [0.5, 0.6) is 17.2 Å². The van der Waals surface area contributed by atoms with Crippen LogP contribution in [0.15, 0.2) is 78.9 Å². The highest BCUT2D eigenvalue weighted by molar-refractivity contribution is 6.32. The van der Waals surface area contributed by atoms with E-state index in [1.807, 2.05) is 42.5 Å². The lowest BCUT2D eigenvalue weighted by Crippen LogP contribution is -2.30. The smallest absolute Gasteiger partial charge is 0.265 e. The van der Waals surface area contributed by atoms with Gasteiger partial charge in [-0.05, 0) is 43.3 Å². The lowest BCUT2D eigenvalue weighted by molar-refractivity contribution is -0.122. The van der Waals surface area contributed by atoms with Crippen molar-refractivity contribution in [1.82, 2.24) is 0 Å². The fourth-order valence-electron chi connectivity index (χ4n) is 2.54. The molecule has 0 aromatic heterocycles. The lowest BCUT2D eigenvalue weighted by Gasteiger charge is -2.17. The molecule has 0 radical (unpaired) electrons. The second-order valence-corrected chi connectivity index (χ2v) is 6.59. The molecule has 0 spiro atoms. The molecule has 0 saturated carbocycles. The number of ether oxygens (including phenoxy) is 3. The van der Waals surface area contributed by atoms with Gasteiger partial charge in [0.2, 0.25) is 0 Å².